The number of nitrogens with zero attached hydrogens (tertiary/aromatic N) is 1. The zero-order valence-electron chi connectivity index (χ0n) is 10.5. The highest BCUT2D eigenvalue weighted by molar-refractivity contribution is 5.85. The smallest absolute Gasteiger partial charge is 0.228 e. The molecule has 2 N–H and O–H groups in total. The molecule has 3 rings (SSSR count). The average molecular weight is 259 g/mol. The summed E-state index contributed by atoms with van der Waals surface area (Å²) >= 11 is 0. The Balaban J connectivity index is 0.00000108. The SMILES string of the molecule is CCC1(C(=O)N2CC3CCC(N)C3C2)CC1.Cl. The van der Waals surface area contributed by atoms with Gasteiger partial charge in [0.25, 0.3) is 0 Å². The van der Waals surface area contributed by atoms with Gasteiger partial charge in [0, 0.05) is 24.5 Å². The normalized spacial score (nSPS) is 37.5. The number of carbonyl (C=O) groups is 1. The van der Waals surface area contributed by atoms with Crippen LogP contribution in [0.25, 0.3) is 0 Å². The van der Waals surface area contributed by atoms with Gasteiger partial charge in [-0.25, -0.2) is 0 Å². The van der Waals surface area contributed by atoms with Gasteiger partial charge in [0.2, 0.25) is 5.91 Å². The summed E-state index contributed by atoms with van der Waals surface area (Å²) in [4.78, 5) is 14.5. The maximum Gasteiger partial charge on any atom is 0.228 e. The Morgan fingerprint density at radius 3 is 2.59 bits per heavy atom. The van der Waals surface area contributed by atoms with Crippen LogP contribution in [0.15, 0.2) is 0 Å². The van der Waals surface area contributed by atoms with Gasteiger partial charge in [-0.2, -0.15) is 0 Å². The Labute approximate surface area is 110 Å². The molecule has 0 radical (unpaired) electrons. The van der Waals surface area contributed by atoms with Gasteiger partial charge >= 0.3 is 0 Å². The van der Waals surface area contributed by atoms with Crippen LogP contribution in [0.1, 0.15) is 39.0 Å². The first-order chi connectivity index (χ1) is 7.66. The molecule has 0 aromatic carbocycles. The van der Waals surface area contributed by atoms with E-state index in [2.05, 4.69) is 11.8 Å². The maximum absolute atomic E-state index is 12.4. The number of hydrogen-bond acceptors (Lipinski definition) is 2. The summed E-state index contributed by atoms with van der Waals surface area (Å²) in [6.45, 7) is 4.07. The molecule has 0 aromatic heterocycles. The molecule has 1 aliphatic heterocycles. The van der Waals surface area contributed by atoms with E-state index in [1.807, 2.05) is 0 Å². The van der Waals surface area contributed by atoms with E-state index in [1.165, 1.54) is 6.42 Å². The monoisotopic (exact) mass is 258 g/mol. The van der Waals surface area contributed by atoms with Crippen molar-refractivity contribution in [3.8, 4) is 0 Å². The van der Waals surface area contributed by atoms with E-state index in [4.69, 9.17) is 5.73 Å². The number of halogens is 1. The van der Waals surface area contributed by atoms with Gasteiger partial charge in [-0.05, 0) is 43.9 Å². The van der Waals surface area contributed by atoms with E-state index in [-0.39, 0.29) is 17.8 Å². The molecule has 0 aromatic rings. The van der Waals surface area contributed by atoms with Crippen molar-refractivity contribution in [3.05, 3.63) is 0 Å². The van der Waals surface area contributed by atoms with Crippen LogP contribution in [0.5, 0.6) is 0 Å². The lowest BCUT2D eigenvalue weighted by atomic mass is 9.98. The van der Waals surface area contributed by atoms with E-state index >= 15 is 0 Å². The van der Waals surface area contributed by atoms with Crippen molar-refractivity contribution < 1.29 is 4.79 Å². The van der Waals surface area contributed by atoms with Crippen LogP contribution in [0.3, 0.4) is 0 Å². The molecule has 17 heavy (non-hydrogen) atoms. The molecule has 0 bridgehead atoms. The quantitative estimate of drug-likeness (QED) is 0.821. The molecule has 3 fully saturated rings. The van der Waals surface area contributed by atoms with Gasteiger partial charge < -0.3 is 10.6 Å². The molecule has 4 heteroatoms. The minimum atomic E-state index is 0. The van der Waals surface area contributed by atoms with Crippen LogP contribution in [-0.2, 0) is 4.79 Å². The molecule has 1 heterocycles. The fourth-order valence-electron chi connectivity index (χ4n) is 3.68. The number of nitrogens with two attached hydrogens (primary N) is 1. The summed E-state index contributed by atoms with van der Waals surface area (Å²) in [5.41, 5.74) is 6.15. The zero-order valence-corrected chi connectivity index (χ0v) is 11.3. The number of fused-ring (bicyclic) bond motifs is 1. The van der Waals surface area contributed by atoms with Crippen LogP contribution in [0.2, 0.25) is 0 Å². The summed E-state index contributed by atoms with van der Waals surface area (Å²) in [7, 11) is 0. The second-order valence-electron chi connectivity index (χ2n) is 6.01. The van der Waals surface area contributed by atoms with Crippen molar-refractivity contribution in [1.82, 2.24) is 4.90 Å². The highest BCUT2D eigenvalue weighted by atomic mass is 35.5. The first-order valence-corrected chi connectivity index (χ1v) is 6.71. The number of amides is 1. The van der Waals surface area contributed by atoms with Gasteiger partial charge in [-0.1, -0.05) is 6.92 Å². The molecule has 3 nitrogen and oxygen atoms in total. The molecule has 3 atom stereocenters. The Morgan fingerprint density at radius 2 is 2.06 bits per heavy atom. The van der Waals surface area contributed by atoms with Crippen molar-refractivity contribution in [2.45, 2.75) is 45.1 Å². The second kappa shape index (κ2) is 4.43. The number of rotatable bonds is 2. The van der Waals surface area contributed by atoms with Gasteiger partial charge in [-0.15, -0.1) is 12.4 Å². The molecule has 3 aliphatic rings. The average Bonchev–Trinajstić information content (AvgIpc) is 2.86. The van der Waals surface area contributed by atoms with Crippen LogP contribution in [0, 0.1) is 17.3 Å². The van der Waals surface area contributed by atoms with Crippen molar-refractivity contribution in [2.24, 2.45) is 23.0 Å². The maximum atomic E-state index is 12.4. The molecule has 98 valence electrons. The highest BCUT2D eigenvalue weighted by Gasteiger charge is 2.53. The lowest BCUT2D eigenvalue weighted by molar-refractivity contribution is -0.136. The minimum absolute atomic E-state index is 0. The zero-order chi connectivity index (χ0) is 11.3. The highest BCUT2D eigenvalue weighted by Crippen LogP contribution is 2.51. The number of hydrogen-bond donors (Lipinski definition) is 1. The molecule has 1 saturated heterocycles. The van der Waals surface area contributed by atoms with Gasteiger partial charge in [-0.3, -0.25) is 4.79 Å². The Morgan fingerprint density at radius 1 is 1.35 bits per heavy atom. The fraction of sp³-hybridized carbons (Fsp3) is 0.923. The third-order valence-electron chi connectivity index (χ3n) is 5.18. The first-order valence-electron chi connectivity index (χ1n) is 6.71. The predicted molar refractivity (Wildman–Crippen MR) is 70.0 cm³/mol. The summed E-state index contributed by atoms with van der Waals surface area (Å²) in [5.74, 6) is 1.72. The van der Waals surface area contributed by atoms with E-state index in [0.717, 1.165) is 38.8 Å². The molecule has 1 amide bonds. The summed E-state index contributed by atoms with van der Waals surface area (Å²) < 4.78 is 0. The summed E-state index contributed by atoms with van der Waals surface area (Å²) in [5, 5.41) is 0. The van der Waals surface area contributed by atoms with Crippen LogP contribution in [-0.4, -0.2) is 29.9 Å². The Kier molecular flexibility index (Phi) is 3.43. The standard InChI is InChI=1S/C13H22N2O.ClH/c1-2-13(5-6-13)12(16)15-7-9-3-4-11(14)10(9)8-15;/h9-11H,2-8,14H2,1H3;1H. The van der Waals surface area contributed by atoms with E-state index in [9.17, 15) is 4.79 Å². The fourth-order valence-corrected chi connectivity index (χ4v) is 3.68. The summed E-state index contributed by atoms with van der Waals surface area (Å²) in [6.07, 6.45) is 5.63. The summed E-state index contributed by atoms with van der Waals surface area (Å²) in [6, 6.07) is 0.347. The topological polar surface area (TPSA) is 46.3 Å². The third-order valence-corrected chi connectivity index (χ3v) is 5.18. The second-order valence-corrected chi connectivity index (χ2v) is 6.01. The molecule has 3 unspecified atom stereocenters. The molecule has 0 spiro atoms. The lowest BCUT2D eigenvalue weighted by Crippen LogP contribution is -2.37. The number of likely N-dealkylation sites (tertiary alicyclic amines) is 1. The van der Waals surface area contributed by atoms with Gasteiger partial charge in [0.05, 0.1) is 0 Å². The van der Waals surface area contributed by atoms with Crippen molar-refractivity contribution in [3.63, 3.8) is 0 Å². The van der Waals surface area contributed by atoms with Crippen molar-refractivity contribution in [1.29, 1.82) is 0 Å². The molecule has 2 saturated carbocycles. The molecule has 2 aliphatic carbocycles. The van der Waals surface area contributed by atoms with Crippen molar-refractivity contribution in [2.75, 3.05) is 13.1 Å². The van der Waals surface area contributed by atoms with Crippen LogP contribution >= 0.6 is 12.4 Å². The van der Waals surface area contributed by atoms with E-state index < -0.39 is 0 Å². The Bertz CT molecular complexity index is 317. The molecular formula is C13H23ClN2O. The molecular weight excluding hydrogens is 236 g/mol. The lowest BCUT2D eigenvalue weighted by Gasteiger charge is -2.23. The van der Waals surface area contributed by atoms with Crippen LogP contribution < -0.4 is 5.73 Å². The van der Waals surface area contributed by atoms with Gasteiger partial charge in [0.15, 0.2) is 0 Å². The van der Waals surface area contributed by atoms with Gasteiger partial charge in [0.1, 0.15) is 0 Å². The van der Waals surface area contributed by atoms with Crippen LogP contribution in [0.4, 0.5) is 0 Å². The number of carbonyl (C=O) groups excluding carboxylic acids is 1. The largest absolute Gasteiger partial charge is 0.342 e. The Hall–Kier alpha value is -0.280. The van der Waals surface area contributed by atoms with E-state index in [1.54, 1.807) is 0 Å². The van der Waals surface area contributed by atoms with E-state index in [0.29, 0.717) is 23.8 Å². The minimum Gasteiger partial charge on any atom is -0.342 e. The predicted octanol–water partition coefficient (Wildman–Crippen LogP) is 1.79. The van der Waals surface area contributed by atoms with Crippen molar-refractivity contribution >= 4 is 18.3 Å². The third kappa shape index (κ3) is 1.97. The first kappa shape index (κ1) is 13.2.